The lowest BCUT2D eigenvalue weighted by Gasteiger charge is -2.33. The van der Waals surface area contributed by atoms with Gasteiger partial charge in [-0.05, 0) is 39.0 Å². The Morgan fingerprint density at radius 3 is 2.35 bits per heavy atom. The lowest BCUT2D eigenvalue weighted by molar-refractivity contribution is -0.137. The number of alkyl halides is 3. The van der Waals surface area contributed by atoms with Gasteiger partial charge < -0.3 is 14.4 Å². The van der Waals surface area contributed by atoms with Crippen molar-refractivity contribution < 1.29 is 27.4 Å². The van der Waals surface area contributed by atoms with Gasteiger partial charge in [0.2, 0.25) is 0 Å². The molecular weight excluding hydrogens is 349 g/mol. The minimum atomic E-state index is -4.51. The molecule has 142 valence electrons. The number of hydrogen-bond acceptors (Lipinski definition) is 4. The van der Waals surface area contributed by atoms with Crippen LogP contribution in [0.25, 0.3) is 0 Å². The SMILES string of the molecule is CC(C)(C)OC(=O)N1CCC(Oc2ccc(C(F)(F)F)cc2C#N)CC1. The van der Waals surface area contributed by atoms with E-state index in [-0.39, 0.29) is 17.4 Å². The molecule has 0 aliphatic carbocycles. The summed E-state index contributed by atoms with van der Waals surface area (Å²) in [5, 5.41) is 9.09. The number of carbonyl (C=O) groups excluding carboxylic acids is 1. The van der Waals surface area contributed by atoms with Gasteiger partial charge in [0, 0.05) is 25.9 Å². The van der Waals surface area contributed by atoms with E-state index in [1.165, 1.54) is 6.07 Å². The van der Waals surface area contributed by atoms with E-state index >= 15 is 0 Å². The highest BCUT2D eigenvalue weighted by Crippen LogP contribution is 2.33. The summed E-state index contributed by atoms with van der Waals surface area (Å²) in [6.45, 7) is 6.20. The maximum atomic E-state index is 12.7. The summed E-state index contributed by atoms with van der Waals surface area (Å²) in [6, 6.07) is 4.59. The highest BCUT2D eigenvalue weighted by atomic mass is 19.4. The minimum Gasteiger partial charge on any atom is -0.489 e. The number of carbonyl (C=O) groups is 1. The molecule has 0 aromatic heterocycles. The predicted molar refractivity (Wildman–Crippen MR) is 87.6 cm³/mol. The second kappa shape index (κ2) is 7.44. The van der Waals surface area contributed by atoms with Crippen molar-refractivity contribution in [1.29, 1.82) is 5.26 Å². The molecule has 0 bridgehead atoms. The maximum Gasteiger partial charge on any atom is 0.416 e. The number of benzene rings is 1. The van der Waals surface area contributed by atoms with Gasteiger partial charge in [-0.2, -0.15) is 18.4 Å². The first kappa shape index (κ1) is 19.9. The van der Waals surface area contributed by atoms with Crippen molar-refractivity contribution in [3.8, 4) is 11.8 Å². The van der Waals surface area contributed by atoms with Crippen LogP contribution in [-0.2, 0) is 10.9 Å². The Morgan fingerprint density at radius 1 is 1.23 bits per heavy atom. The fourth-order valence-electron chi connectivity index (χ4n) is 2.56. The van der Waals surface area contributed by atoms with E-state index in [1.807, 2.05) is 0 Å². The summed E-state index contributed by atoms with van der Waals surface area (Å²) < 4.78 is 49.2. The monoisotopic (exact) mass is 370 g/mol. The Morgan fingerprint density at radius 2 is 1.85 bits per heavy atom. The fraction of sp³-hybridized carbons (Fsp3) is 0.556. The summed E-state index contributed by atoms with van der Waals surface area (Å²) in [6.07, 6.45) is -4.18. The molecular formula is C18H21F3N2O3. The van der Waals surface area contributed by atoms with Gasteiger partial charge in [-0.15, -0.1) is 0 Å². The van der Waals surface area contributed by atoms with Crippen LogP contribution in [0.3, 0.4) is 0 Å². The summed E-state index contributed by atoms with van der Waals surface area (Å²) in [5.41, 5.74) is -1.62. The lowest BCUT2D eigenvalue weighted by Crippen LogP contribution is -2.44. The first-order valence-corrected chi connectivity index (χ1v) is 8.25. The molecule has 1 saturated heterocycles. The number of amides is 1. The molecule has 0 N–H and O–H groups in total. The summed E-state index contributed by atoms with van der Waals surface area (Å²) in [5.74, 6) is 0.121. The van der Waals surface area contributed by atoms with Gasteiger partial charge >= 0.3 is 12.3 Å². The zero-order chi connectivity index (χ0) is 19.5. The van der Waals surface area contributed by atoms with Crippen LogP contribution in [0.4, 0.5) is 18.0 Å². The Kier molecular flexibility index (Phi) is 5.69. The maximum absolute atomic E-state index is 12.7. The average molecular weight is 370 g/mol. The van der Waals surface area contributed by atoms with E-state index in [0.717, 1.165) is 12.1 Å². The van der Waals surface area contributed by atoms with Crippen LogP contribution in [0.1, 0.15) is 44.7 Å². The van der Waals surface area contributed by atoms with Crippen LogP contribution in [0.5, 0.6) is 5.75 Å². The molecule has 0 unspecified atom stereocenters. The Hall–Kier alpha value is -2.43. The summed E-state index contributed by atoms with van der Waals surface area (Å²) in [4.78, 5) is 13.6. The van der Waals surface area contributed by atoms with E-state index in [4.69, 9.17) is 14.7 Å². The second-order valence-electron chi connectivity index (χ2n) is 7.11. The molecule has 0 radical (unpaired) electrons. The number of nitriles is 1. The molecule has 1 amide bonds. The van der Waals surface area contributed by atoms with Crippen LogP contribution in [0.15, 0.2) is 18.2 Å². The molecule has 5 nitrogen and oxygen atoms in total. The molecule has 0 atom stereocenters. The highest BCUT2D eigenvalue weighted by Gasteiger charge is 2.32. The van der Waals surface area contributed by atoms with Crippen molar-refractivity contribution in [3.63, 3.8) is 0 Å². The average Bonchev–Trinajstić information content (AvgIpc) is 2.53. The van der Waals surface area contributed by atoms with Gasteiger partial charge in [-0.25, -0.2) is 4.79 Å². The van der Waals surface area contributed by atoms with Gasteiger partial charge in [0.1, 0.15) is 23.5 Å². The smallest absolute Gasteiger partial charge is 0.416 e. The molecule has 1 aromatic carbocycles. The normalized spacial score (nSPS) is 16.1. The summed E-state index contributed by atoms with van der Waals surface area (Å²) >= 11 is 0. The van der Waals surface area contributed by atoms with Crippen LogP contribution in [0.2, 0.25) is 0 Å². The fourth-order valence-corrected chi connectivity index (χ4v) is 2.56. The molecule has 1 fully saturated rings. The minimum absolute atomic E-state index is 0.121. The largest absolute Gasteiger partial charge is 0.489 e. The highest BCUT2D eigenvalue weighted by molar-refractivity contribution is 5.68. The Labute approximate surface area is 150 Å². The molecule has 0 spiro atoms. The third-order valence-corrected chi connectivity index (χ3v) is 3.81. The number of piperidine rings is 1. The van der Waals surface area contributed by atoms with E-state index in [0.29, 0.717) is 25.9 Å². The molecule has 1 heterocycles. The van der Waals surface area contributed by atoms with E-state index in [1.54, 1.807) is 31.7 Å². The van der Waals surface area contributed by atoms with Gasteiger partial charge in [0.15, 0.2) is 0 Å². The molecule has 1 aromatic rings. The first-order valence-electron chi connectivity index (χ1n) is 8.25. The molecule has 1 aliphatic heterocycles. The van der Waals surface area contributed by atoms with Crippen LogP contribution in [-0.4, -0.2) is 35.8 Å². The van der Waals surface area contributed by atoms with Crippen LogP contribution < -0.4 is 4.74 Å². The Bertz CT molecular complexity index is 697. The third-order valence-electron chi connectivity index (χ3n) is 3.81. The number of likely N-dealkylation sites (tertiary alicyclic amines) is 1. The number of rotatable bonds is 2. The zero-order valence-corrected chi connectivity index (χ0v) is 14.9. The van der Waals surface area contributed by atoms with E-state index in [2.05, 4.69) is 0 Å². The first-order chi connectivity index (χ1) is 12.0. The van der Waals surface area contributed by atoms with Gasteiger partial charge in [-0.3, -0.25) is 0 Å². The quantitative estimate of drug-likeness (QED) is 0.776. The summed E-state index contributed by atoms with van der Waals surface area (Å²) in [7, 11) is 0. The second-order valence-corrected chi connectivity index (χ2v) is 7.11. The Balaban J connectivity index is 1.98. The standard InChI is InChI=1S/C18H21F3N2O3/c1-17(2,3)26-16(24)23-8-6-14(7-9-23)25-15-5-4-13(18(19,20)21)10-12(15)11-22/h4-5,10,14H,6-9H2,1-3H3. The predicted octanol–water partition coefficient (Wildman–Crippen LogP) is 4.36. The number of ether oxygens (including phenoxy) is 2. The van der Waals surface area contributed by atoms with Crippen molar-refractivity contribution >= 4 is 6.09 Å². The molecule has 0 saturated carbocycles. The molecule has 2 rings (SSSR count). The zero-order valence-electron chi connectivity index (χ0n) is 14.9. The van der Waals surface area contributed by atoms with Crippen molar-refractivity contribution in [3.05, 3.63) is 29.3 Å². The van der Waals surface area contributed by atoms with Crippen LogP contribution >= 0.6 is 0 Å². The van der Waals surface area contributed by atoms with E-state index in [9.17, 15) is 18.0 Å². The topological polar surface area (TPSA) is 62.6 Å². The number of hydrogen-bond donors (Lipinski definition) is 0. The third kappa shape index (κ3) is 5.28. The van der Waals surface area contributed by atoms with Crippen LogP contribution in [0, 0.1) is 11.3 Å². The molecule has 26 heavy (non-hydrogen) atoms. The molecule has 1 aliphatic rings. The number of nitrogens with zero attached hydrogens (tertiary/aromatic N) is 2. The number of halogens is 3. The lowest BCUT2D eigenvalue weighted by atomic mass is 10.1. The van der Waals surface area contributed by atoms with Crippen molar-refractivity contribution in [2.75, 3.05) is 13.1 Å². The van der Waals surface area contributed by atoms with Crippen molar-refractivity contribution in [2.45, 2.75) is 51.5 Å². The van der Waals surface area contributed by atoms with Gasteiger partial charge in [0.25, 0.3) is 0 Å². The van der Waals surface area contributed by atoms with E-state index < -0.39 is 23.4 Å². The van der Waals surface area contributed by atoms with Crippen molar-refractivity contribution in [1.82, 2.24) is 4.90 Å². The van der Waals surface area contributed by atoms with Gasteiger partial charge in [0.05, 0.1) is 11.1 Å². The van der Waals surface area contributed by atoms with Gasteiger partial charge in [-0.1, -0.05) is 0 Å². The molecule has 8 heteroatoms. The van der Waals surface area contributed by atoms with Crippen molar-refractivity contribution in [2.24, 2.45) is 0 Å².